The summed E-state index contributed by atoms with van der Waals surface area (Å²) in [6.45, 7) is 4.40. The van der Waals surface area contributed by atoms with Crippen molar-refractivity contribution in [2.45, 2.75) is 26.2 Å². The second kappa shape index (κ2) is 10.8. The molecule has 0 heterocycles. The van der Waals surface area contributed by atoms with Gasteiger partial charge in [-0.2, -0.15) is 0 Å². The Balaban J connectivity index is 0.00000361. The Bertz CT molecular complexity index is 414. The lowest BCUT2D eigenvalue weighted by atomic mass is 10.2. The van der Waals surface area contributed by atoms with Crippen LogP contribution in [0.15, 0.2) is 18.2 Å². The van der Waals surface area contributed by atoms with Crippen LogP contribution < -0.4 is 11.1 Å². The van der Waals surface area contributed by atoms with E-state index in [1.165, 1.54) is 12.8 Å². The second-order valence-corrected chi connectivity index (χ2v) is 4.74. The Morgan fingerprint density at radius 3 is 2.70 bits per heavy atom. The van der Waals surface area contributed by atoms with Crippen molar-refractivity contribution in [3.63, 3.8) is 0 Å². The van der Waals surface area contributed by atoms with Crippen LogP contribution in [-0.2, 0) is 4.74 Å². The van der Waals surface area contributed by atoms with Gasteiger partial charge in [0.2, 0.25) is 0 Å². The molecule has 0 fully saturated rings. The maximum absolute atomic E-state index is 11.7. The number of nitrogen functional groups attached to an aromatic ring is 1. The number of ether oxygens (including phenoxy) is 1. The van der Waals surface area contributed by atoms with Crippen molar-refractivity contribution in [3.05, 3.63) is 28.8 Å². The van der Waals surface area contributed by atoms with Crippen LogP contribution in [0.25, 0.3) is 0 Å². The average Bonchev–Trinajstić information content (AvgIpc) is 2.37. The molecule has 114 valence electrons. The van der Waals surface area contributed by atoms with E-state index in [9.17, 15) is 4.79 Å². The first-order valence-electron chi connectivity index (χ1n) is 6.58. The van der Waals surface area contributed by atoms with Crippen LogP contribution in [0.4, 0.5) is 5.69 Å². The van der Waals surface area contributed by atoms with Crippen LogP contribution in [0.2, 0.25) is 5.02 Å². The lowest BCUT2D eigenvalue weighted by molar-refractivity contribution is 0.0501. The van der Waals surface area contributed by atoms with Crippen LogP contribution in [0.3, 0.4) is 0 Å². The molecule has 0 bridgehead atoms. The molecule has 20 heavy (non-hydrogen) atoms. The summed E-state index contributed by atoms with van der Waals surface area (Å²) in [6.07, 6.45) is 3.14. The minimum atomic E-state index is -0.404. The van der Waals surface area contributed by atoms with E-state index >= 15 is 0 Å². The number of hydrogen-bond acceptors (Lipinski definition) is 4. The molecule has 0 aliphatic heterocycles. The van der Waals surface area contributed by atoms with E-state index in [0.717, 1.165) is 19.5 Å². The summed E-state index contributed by atoms with van der Waals surface area (Å²) in [5.74, 6) is -0.404. The van der Waals surface area contributed by atoms with Gasteiger partial charge in [0.05, 0.1) is 17.2 Å². The minimum absolute atomic E-state index is 0. The number of carbonyl (C=O) groups is 1. The highest BCUT2D eigenvalue weighted by molar-refractivity contribution is 6.33. The fourth-order valence-electron chi connectivity index (χ4n) is 1.56. The maximum Gasteiger partial charge on any atom is 0.339 e. The number of benzene rings is 1. The van der Waals surface area contributed by atoms with Crippen molar-refractivity contribution < 1.29 is 9.53 Å². The van der Waals surface area contributed by atoms with Crippen LogP contribution in [0.5, 0.6) is 0 Å². The normalized spacial score (nSPS) is 9.90. The van der Waals surface area contributed by atoms with Gasteiger partial charge in [-0.3, -0.25) is 0 Å². The zero-order valence-electron chi connectivity index (χ0n) is 11.7. The number of carbonyl (C=O) groups excluding carboxylic acids is 1. The number of nitrogens with two attached hydrogens (primary N) is 1. The second-order valence-electron chi connectivity index (χ2n) is 4.33. The summed E-state index contributed by atoms with van der Waals surface area (Å²) in [5, 5.41) is 3.61. The summed E-state index contributed by atoms with van der Waals surface area (Å²) < 4.78 is 5.15. The molecule has 1 aromatic carbocycles. The van der Waals surface area contributed by atoms with Crippen molar-refractivity contribution >= 4 is 35.7 Å². The first kappa shape index (κ1) is 19.0. The number of halogens is 2. The topological polar surface area (TPSA) is 64.3 Å². The zero-order valence-corrected chi connectivity index (χ0v) is 13.2. The van der Waals surface area contributed by atoms with E-state index in [2.05, 4.69) is 12.2 Å². The SMILES string of the molecule is CCCCNCCCOC(=O)c1ccc(N)cc1Cl.Cl. The van der Waals surface area contributed by atoms with Crippen LogP contribution in [0, 0.1) is 0 Å². The molecule has 0 unspecified atom stereocenters. The minimum Gasteiger partial charge on any atom is -0.462 e. The summed E-state index contributed by atoms with van der Waals surface area (Å²) in [6, 6.07) is 4.76. The van der Waals surface area contributed by atoms with E-state index in [-0.39, 0.29) is 12.4 Å². The smallest absolute Gasteiger partial charge is 0.339 e. The number of rotatable bonds is 8. The highest BCUT2D eigenvalue weighted by atomic mass is 35.5. The maximum atomic E-state index is 11.7. The molecule has 0 amide bonds. The molecule has 0 spiro atoms. The molecule has 0 saturated carbocycles. The zero-order chi connectivity index (χ0) is 14.1. The fraction of sp³-hybridized carbons (Fsp3) is 0.500. The third-order valence-corrected chi connectivity index (χ3v) is 2.96. The fourth-order valence-corrected chi connectivity index (χ4v) is 1.83. The van der Waals surface area contributed by atoms with Gasteiger partial charge in [0, 0.05) is 5.69 Å². The Morgan fingerprint density at radius 2 is 2.05 bits per heavy atom. The molecule has 6 heteroatoms. The number of nitrogens with one attached hydrogen (secondary N) is 1. The molecule has 0 aromatic heterocycles. The number of esters is 1. The van der Waals surface area contributed by atoms with Gasteiger partial charge in [-0.05, 0) is 44.1 Å². The number of unbranched alkanes of at least 4 members (excludes halogenated alkanes) is 1. The Labute approximate surface area is 131 Å². The Kier molecular flexibility index (Phi) is 10.3. The molecule has 0 aliphatic carbocycles. The first-order chi connectivity index (χ1) is 9.15. The molecular formula is C14H22Cl2N2O2. The monoisotopic (exact) mass is 320 g/mol. The van der Waals surface area contributed by atoms with Gasteiger partial charge in [-0.1, -0.05) is 24.9 Å². The standard InChI is InChI=1S/C14H21ClN2O2.ClH/c1-2-3-7-17-8-4-9-19-14(18)12-6-5-11(16)10-13(12)15;/h5-6,10,17H,2-4,7-9,16H2,1H3;1H. The van der Waals surface area contributed by atoms with Crippen molar-refractivity contribution in [1.29, 1.82) is 0 Å². The van der Waals surface area contributed by atoms with Gasteiger partial charge in [0.1, 0.15) is 0 Å². The Morgan fingerprint density at radius 1 is 1.35 bits per heavy atom. The summed E-state index contributed by atoms with van der Waals surface area (Å²) in [4.78, 5) is 11.7. The predicted molar refractivity (Wildman–Crippen MR) is 85.8 cm³/mol. The van der Waals surface area contributed by atoms with Crippen molar-refractivity contribution in [2.24, 2.45) is 0 Å². The quantitative estimate of drug-likeness (QED) is 0.438. The van der Waals surface area contributed by atoms with Gasteiger partial charge in [0.25, 0.3) is 0 Å². The highest BCUT2D eigenvalue weighted by Crippen LogP contribution is 2.19. The third-order valence-electron chi connectivity index (χ3n) is 2.65. The molecule has 1 aromatic rings. The van der Waals surface area contributed by atoms with Gasteiger partial charge in [-0.25, -0.2) is 4.79 Å². The summed E-state index contributed by atoms with van der Waals surface area (Å²) in [5.41, 5.74) is 6.45. The molecule has 0 aliphatic rings. The van der Waals surface area contributed by atoms with Gasteiger partial charge < -0.3 is 15.8 Å². The molecule has 0 saturated heterocycles. The van der Waals surface area contributed by atoms with Crippen molar-refractivity contribution in [1.82, 2.24) is 5.32 Å². The summed E-state index contributed by atoms with van der Waals surface area (Å²) in [7, 11) is 0. The number of anilines is 1. The first-order valence-corrected chi connectivity index (χ1v) is 6.95. The van der Waals surface area contributed by atoms with E-state index < -0.39 is 5.97 Å². The third kappa shape index (κ3) is 6.98. The van der Waals surface area contributed by atoms with E-state index in [4.69, 9.17) is 22.1 Å². The highest BCUT2D eigenvalue weighted by Gasteiger charge is 2.11. The van der Waals surface area contributed by atoms with E-state index in [1.807, 2.05) is 0 Å². The largest absolute Gasteiger partial charge is 0.462 e. The molecule has 3 N–H and O–H groups in total. The molecule has 0 atom stereocenters. The molecule has 1 rings (SSSR count). The van der Waals surface area contributed by atoms with Gasteiger partial charge in [0.15, 0.2) is 0 Å². The van der Waals surface area contributed by atoms with E-state index in [1.54, 1.807) is 18.2 Å². The van der Waals surface area contributed by atoms with Gasteiger partial charge >= 0.3 is 5.97 Å². The molecular weight excluding hydrogens is 299 g/mol. The molecule has 4 nitrogen and oxygen atoms in total. The lowest BCUT2D eigenvalue weighted by Gasteiger charge is -2.07. The van der Waals surface area contributed by atoms with Crippen molar-refractivity contribution in [3.8, 4) is 0 Å². The number of hydrogen-bond donors (Lipinski definition) is 2. The average molecular weight is 321 g/mol. The van der Waals surface area contributed by atoms with Crippen LogP contribution >= 0.6 is 24.0 Å². The lowest BCUT2D eigenvalue weighted by Crippen LogP contribution is -2.18. The van der Waals surface area contributed by atoms with Crippen LogP contribution in [-0.4, -0.2) is 25.7 Å². The van der Waals surface area contributed by atoms with Crippen LogP contribution in [0.1, 0.15) is 36.5 Å². The molecule has 0 radical (unpaired) electrons. The van der Waals surface area contributed by atoms with Crippen molar-refractivity contribution in [2.75, 3.05) is 25.4 Å². The van der Waals surface area contributed by atoms with E-state index in [0.29, 0.717) is 22.9 Å². The Hall–Kier alpha value is -0.970. The predicted octanol–water partition coefficient (Wildman–Crippen LogP) is 3.28. The summed E-state index contributed by atoms with van der Waals surface area (Å²) >= 11 is 5.93. The van der Waals surface area contributed by atoms with Gasteiger partial charge in [-0.15, -0.1) is 12.4 Å².